The molecule has 1 aromatic rings. The van der Waals surface area contributed by atoms with Gasteiger partial charge in [0.15, 0.2) is 0 Å². The smallest absolute Gasteiger partial charge is 0.105 e. The third-order valence-electron chi connectivity index (χ3n) is 3.08. The van der Waals surface area contributed by atoms with Crippen molar-refractivity contribution >= 4 is 0 Å². The zero-order valence-corrected chi connectivity index (χ0v) is 11.0. The topological polar surface area (TPSA) is 19.9 Å². The van der Waals surface area contributed by atoms with Crippen molar-refractivity contribution in [3.63, 3.8) is 0 Å². The molecule has 1 nitrogen and oxygen atoms in total. The fourth-order valence-electron chi connectivity index (χ4n) is 2.12. The van der Waals surface area contributed by atoms with Gasteiger partial charge in [-0.25, -0.2) is 5.11 Å². The van der Waals surface area contributed by atoms with E-state index in [0.717, 1.165) is 0 Å². The van der Waals surface area contributed by atoms with E-state index in [1.54, 1.807) is 0 Å². The molecule has 2 atom stereocenters. The summed E-state index contributed by atoms with van der Waals surface area (Å²) in [6, 6.07) is 10.2. The van der Waals surface area contributed by atoms with Gasteiger partial charge in [0.1, 0.15) is 6.10 Å². The van der Waals surface area contributed by atoms with Gasteiger partial charge >= 0.3 is 0 Å². The first-order valence-electron chi connectivity index (χ1n) is 6.05. The second-order valence-electron chi connectivity index (χ2n) is 5.97. The summed E-state index contributed by atoms with van der Waals surface area (Å²) in [7, 11) is 0. The van der Waals surface area contributed by atoms with Crippen molar-refractivity contribution in [1.82, 2.24) is 0 Å². The van der Waals surface area contributed by atoms with E-state index in [9.17, 15) is 5.11 Å². The van der Waals surface area contributed by atoms with Gasteiger partial charge in [-0.15, -0.1) is 0 Å². The molecule has 1 radical (unpaired) electrons. The minimum Gasteiger partial charge on any atom is -0.232 e. The van der Waals surface area contributed by atoms with Gasteiger partial charge in [-0.05, 0) is 16.9 Å². The predicted octanol–water partition coefficient (Wildman–Crippen LogP) is 4.27. The van der Waals surface area contributed by atoms with Crippen LogP contribution in [0.25, 0.3) is 0 Å². The molecule has 89 valence electrons. The van der Waals surface area contributed by atoms with Crippen LogP contribution in [-0.2, 0) is 5.11 Å². The van der Waals surface area contributed by atoms with E-state index in [1.165, 1.54) is 5.56 Å². The van der Waals surface area contributed by atoms with E-state index in [0.29, 0.717) is 5.92 Å². The molecule has 0 saturated heterocycles. The van der Waals surface area contributed by atoms with E-state index in [-0.39, 0.29) is 11.3 Å². The van der Waals surface area contributed by atoms with Gasteiger partial charge in [0.2, 0.25) is 0 Å². The maximum Gasteiger partial charge on any atom is 0.105 e. The highest BCUT2D eigenvalue weighted by Crippen LogP contribution is 2.36. The first-order valence-corrected chi connectivity index (χ1v) is 6.05. The van der Waals surface area contributed by atoms with E-state index in [1.807, 2.05) is 39.0 Å². The molecule has 0 heterocycles. The molecule has 1 rings (SSSR count). The molecule has 1 heteroatoms. The van der Waals surface area contributed by atoms with Crippen LogP contribution in [0.1, 0.15) is 46.1 Å². The Morgan fingerprint density at radius 3 is 1.88 bits per heavy atom. The lowest BCUT2D eigenvalue weighted by atomic mass is 9.73. The summed E-state index contributed by atoms with van der Waals surface area (Å²) in [6.45, 7) is 10.4. The van der Waals surface area contributed by atoms with E-state index >= 15 is 0 Å². The Morgan fingerprint density at radius 1 is 1.00 bits per heavy atom. The Labute approximate surface area is 99.5 Å². The monoisotopic (exact) mass is 219 g/mol. The fourth-order valence-corrected chi connectivity index (χ4v) is 2.12. The average Bonchev–Trinajstić information content (AvgIpc) is 2.17. The van der Waals surface area contributed by atoms with Crippen LogP contribution in [0.2, 0.25) is 0 Å². The lowest BCUT2D eigenvalue weighted by Gasteiger charge is -2.34. The van der Waals surface area contributed by atoms with E-state index < -0.39 is 6.10 Å². The van der Waals surface area contributed by atoms with Gasteiger partial charge in [-0.2, -0.15) is 0 Å². The molecule has 0 fully saturated rings. The highest BCUT2D eigenvalue weighted by atomic mass is 16.3. The van der Waals surface area contributed by atoms with Gasteiger partial charge in [0.05, 0.1) is 0 Å². The van der Waals surface area contributed by atoms with Crippen LogP contribution in [0.15, 0.2) is 30.3 Å². The minimum absolute atomic E-state index is 0.0983. The Morgan fingerprint density at radius 2 is 1.50 bits per heavy atom. The molecule has 0 amide bonds. The molecule has 0 saturated carbocycles. The van der Waals surface area contributed by atoms with Crippen LogP contribution in [0.4, 0.5) is 0 Å². The maximum atomic E-state index is 12.5. The van der Waals surface area contributed by atoms with Crippen molar-refractivity contribution in [3.05, 3.63) is 35.9 Å². The summed E-state index contributed by atoms with van der Waals surface area (Å²) in [6.07, 6.45) is -0.560. The molecule has 0 aliphatic carbocycles. The molecule has 1 aromatic carbocycles. The molecule has 0 aliphatic rings. The number of benzene rings is 1. The number of hydrogen-bond donors (Lipinski definition) is 0. The predicted molar refractivity (Wildman–Crippen MR) is 68.0 cm³/mol. The SMILES string of the molecule is CC(C)C(c1ccccc1)C([O])C(C)(C)C. The lowest BCUT2D eigenvalue weighted by Crippen LogP contribution is -2.33. The molecule has 2 unspecified atom stereocenters. The van der Waals surface area contributed by atoms with Gasteiger partial charge in [0, 0.05) is 5.92 Å². The quantitative estimate of drug-likeness (QED) is 0.723. The van der Waals surface area contributed by atoms with Crippen LogP contribution in [-0.4, -0.2) is 6.10 Å². The summed E-state index contributed by atoms with van der Waals surface area (Å²) in [4.78, 5) is 0. The zero-order valence-electron chi connectivity index (χ0n) is 11.0. The van der Waals surface area contributed by atoms with Gasteiger partial charge < -0.3 is 0 Å². The molecule has 0 bridgehead atoms. The first-order chi connectivity index (χ1) is 7.34. The van der Waals surface area contributed by atoms with Crippen molar-refractivity contribution in [2.45, 2.75) is 46.6 Å². The highest BCUT2D eigenvalue weighted by Gasteiger charge is 2.34. The first kappa shape index (κ1) is 13.2. The Bertz CT molecular complexity index is 308. The normalized spacial score (nSPS) is 16.2. The Balaban J connectivity index is 3.02. The molecular formula is C15H23O. The van der Waals surface area contributed by atoms with Crippen molar-refractivity contribution in [3.8, 4) is 0 Å². The molecule has 0 aromatic heterocycles. The second kappa shape index (κ2) is 5.01. The fraction of sp³-hybridized carbons (Fsp3) is 0.600. The minimum atomic E-state index is -0.560. The third kappa shape index (κ3) is 3.08. The summed E-state index contributed by atoms with van der Waals surface area (Å²) >= 11 is 0. The van der Waals surface area contributed by atoms with E-state index in [2.05, 4.69) is 26.0 Å². The summed E-state index contributed by atoms with van der Waals surface area (Å²) in [5.41, 5.74) is 0.984. The number of rotatable bonds is 3. The standard InChI is InChI=1S/C15H23O/c1-11(2)13(14(16)15(3,4)5)12-9-7-6-8-10-12/h6-11,13-14H,1-5H3. The molecule has 0 aliphatic heterocycles. The van der Waals surface area contributed by atoms with Gasteiger partial charge in [0.25, 0.3) is 0 Å². The van der Waals surface area contributed by atoms with Crippen LogP contribution in [0.3, 0.4) is 0 Å². The summed E-state index contributed by atoms with van der Waals surface area (Å²) < 4.78 is 0. The second-order valence-corrected chi connectivity index (χ2v) is 5.97. The van der Waals surface area contributed by atoms with Crippen LogP contribution >= 0.6 is 0 Å². The van der Waals surface area contributed by atoms with Crippen molar-refractivity contribution in [2.75, 3.05) is 0 Å². The molecule has 16 heavy (non-hydrogen) atoms. The number of hydrogen-bond acceptors (Lipinski definition) is 0. The maximum absolute atomic E-state index is 12.5. The zero-order chi connectivity index (χ0) is 12.3. The van der Waals surface area contributed by atoms with Gasteiger partial charge in [-0.3, -0.25) is 0 Å². The molecular weight excluding hydrogens is 196 g/mol. The van der Waals surface area contributed by atoms with Crippen molar-refractivity contribution < 1.29 is 5.11 Å². The Hall–Kier alpha value is -0.820. The summed E-state index contributed by atoms with van der Waals surface area (Å²) in [5, 5.41) is 12.5. The highest BCUT2D eigenvalue weighted by molar-refractivity contribution is 5.22. The average molecular weight is 219 g/mol. The van der Waals surface area contributed by atoms with Crippen molar-refractivity contribution in [2.24, 2.45) is 11.3 Å². The molecule has 0 N–H and O–H groups in total. The van der Waals surface area contributed by atoms with Crippen LogP contribution in [0, 0.1) is 11.3 Å². The van der Waals surface area contributed by atoms with Crippen LogP contribution in [0.5, 0.6) is 0 Å². The van der Waals surface area contributed by atoms with Gasteiger partial charge in [-0.1, -0.05) is 65.0 Å². The van der Waals surface area contributed by atoms with E-state index in [4.69, 9.17) is 0 Å². The Kier molecular flexibility index (Phi) is 4.15. The lowest BCUT2D eigenvalue weighted by molar-refractivity contribution is -0.0308. The molecule has 0 spiro atoms. The summed E-state index contributed by atoms with van der Waals surface area (Å²) in [5.74, 6) is 0.477. The van der Waals surface area contributed by atoms with Crippen molar-refractivity contribution in [1.29, 1.82) is 0 Å². The largest absolute Gasteiger partial charge is 0.232 e. The third-order valence-corrected chi connectivity index (χ3v) is 3.08. The van der Waals surface area contributed by atoms with Crippen LogP contribution < -0.4 is 0 Å².